The Bertz CT molecular complexity index is 124. The molecule has 58 valence electrons. The Balaban J connectivity index is 2.00. The van der Waals surface area contributed by atoms with Gasteiger partial charge in [-0.05, 0) is 32.1 Å². The number of hydrogen-bond donors (Lipinski definition) is 1. The van der Waals surface area contributed by atoms with Gasteiger partial charge in [-0.1, -0.05) is 0 Å². The average molecular weight is 141 g/mol. The largest absolute Gasteiger partial charge is 0.373 e. The van der Waals surface area contributed by atoms with Crippen molar-refractivity contribution in [2.24, 2.45) is 5.73 Å². The van der Waals surface area contributed by atoms with Gasteiger partial charge in [0.25, 0.3) is 0 Å². The van der Waals surface area contributed by atoms with Crippen LogP contribution in [0.15, 0.2) is 0 Å². The summed E-state index contributed by atoms with van der Waals surface area (Å²) in [4.78, 5) is 0. The summed E-state index contributed by atoms with van der Waals surface area (Å²) in [5.41, 5.74) is 5.86. The highest BCUT2D eigenvalue weighted by atomic mass is 16.5. The fourth-order valence-electron chi connectivity index (χ4n) is 2.02. The van der Waals surface area contributed by atoms with Gasteiger partial charge < -0.3 is 10.5 Å². The van der Waals surface area contributed by atoms with Gasteiger partial charge >= 0.3 is 0 Å². The van der Waals surface area contributed by atoms with E-state index in [-0.39, 0.29) is 0 Å². The van der Waals surface area contributed by atoms with Crippen LogP contribution >= 0.6 is 0 Å². The molecule has 3 unspecified atom stereocenters. The van der Waals surface area contributed by atoms with Crippen molar-refractivity contribution in [3.8, 4) is 0 Å². The van der Waals surface area contributed by atoms with Crippen molar-refractivity contribution in [1.82, 2.24) is 0 Å². The molecule has 2 nitrogen and oxygen atoms in total. The first kappa shape index (κ1) is 6.62. The Morgan fingerprint density at radius 2 is 2.00 bits per heavy atom. The molecule has 0 spiro atoms. The van der Waals surface area contributed by atoms with Gasteiger partial charge in [-0.25, -0.2) is 0 Å². The van der Waals surface area contributed by atoms with Crippen LogP contribution < -0.4 is 5.73 Å². The van der Waals surface area contributed by atoms with E-state index in [1.54, 1.807) is 0 Å². The molecule has 2 bridgehead atoms. The van der Waals surface area contributed by atoms with Crippen molar-refractivity contribution in [1.29, 1.82) is 0 Å². The van der Waals surface area contributed by atoms with Gasteiger partial charge in [0.15, 0.2) is 0 Å². The molecular formula is C8H15NO. The van der Waals surface area contributed by atoms with Crippen molar-refractivity contribution in [2.75, 3.05) is 0 Å². The van der Waals surface area contributed by atoms with Gasteiger partial charge in [0, 0.05) is 6.04 Å². The molecule has 10 heavy (non-hydrogen) atoms. The Labute approximate surface area is 61.7 Å². The first-order valence-electron chi connectivity index (χ1n) is 4.27. The van der Waals surface area contributed by atoms with Crippen LogP contribution in [0, 0.1) is 0 Å². The standard InChI is InChI=1S/C8H15NO/c9-7-5-4-6-2-1-3-8(7)10-6/h6-8H,1-5,9H2. The smallest absolute Gasteiger partial charge is 0.0729 e. The molecule has 2 heteroatoms. The lowest BCUT2D eigenvalue weighted by atomic mass is 9.89. The summed E-state index contributed by atoms with van der Waals surface area (Å²) < 4.78 is 5.71. The average Bonchev–Trinajstić information content (AvgIpc) is 1.99. The second-order valence-electron chi connectivity index (χ2n) is 3.47. The van der Waals surface area contributed by atoms with Crippen molar-refractivity contribution in [2.45, 2.75) is 50.4 Å². The summed E-state index contributed by atoms with van der Waals surface area (Å²) >= 11 is 0. The zero-order chi connectivity index (χ0) is 6.97. The Kier molecular flexibility index (Phi) is 1.66. The van der Waals surface area contributed by atoms with Gasteiger partial charge in [0.1, 0.15) is 0 Å². The first-order valence-corrected chi connectivity index (χ1v) is 4.27. The lowest BCUT2D eigenvalue weighted by Gasteiger charge is -2.38. The summed E-state index contributed by atoms with van der Waals surface area (Å²) in [5.74, 6) is 0. The van der Waals surface area contributed by atoms with Crippen molar-refractivity contribution in [3.63, 3.8) is 0 Å². The second kappa shape index (κ2) is 2.51. The molecule has 0 aromatic rings. The summed E-state index contributed by atoms with van der Waals surface area (Å²) in [6, 6.07) is 0.330. The van der Waals surface area contributed by atoms with E-state index in [0.29, 0.717) is 18.2 Å². The quantitative estimate of drug-likeness (QED) is 0.547. The number of hydrogen-bond acceptors (Lipinski definition) is 2. The predicted molar refractivity (Wildman–Crippen MR) is 39.7 cm³/mol. The van der Waals surface area contributed by atoms with Crippen LogP contribution in [0.1, 0.15) is 32.1 Å². The molecule has 2 aliphatic heterocycles. The monoisotopic (exact) mass is 141 g/mol. The highest BCUT2D eigenvalue weighted by Crippen LogP contribution is 2.29. The minimum absolute atomic E-state index is 0.330. The third-order valence-corrected chi connectivity index (χ3v) is 2.68. The molecule has 0 aromatic carbocycles. The maximum atomic E-state index is 5.86. The van der Waals surface area contributed by atoms with Gasteiger partial charge in [-0.2, -0.15) is 0 Å². The van der Waals surface area contributed by atoms with Crippen molar-refractivity contribution >= 4 is 0 Å². The third kappa shape index (κ3) is 1.06. The first-order chi connectivity index (χ1) is 4.86. The Morgan fingerprint density at radius 1 is 1.10 bits per heavy atom. The van der Waals surface area contributed by atoms with Crippen molar-refractivity contribution < 1.29 is 4.74 Å². The molecule has 0 aliphatic carbocycles. The summed E-state index contributed by atoms with van der Waals surface area (Å²) in [6.45, 7) is 0. The van der Waals surface area contributed by atoms with Gasteiger partial charge in [-0.3, -0.25) is 0 Å². The molecule has 0 saturated carbocycles. The maximum absolute atomic E-state index is 5.86. The third-order valence-electron chi connectivity index (χ3n) is 2.68. The van der Waals surface area contributed by atoms with Crippen LogP contribution in [-0.4, -0.2) is 18.2 Å². The van der Waals surface area contributed by atoms with E-state index in [2.05, 4.69) is 0 Å². The van der Waals surface area contributed by atoms with Crippen LogP contribution in [0.25, 0.3) is 0 Å². The predicted octanol–water partition coefficient (Wildman–Crippen LogP) is 1.05. The lowest BCUT2D eigenvalue weighted by molar-refractivity contribution is -0.0925. The SMILES string of the molecule is NC1CCC2CCCC1O2. The molecule has 0 radical (unpaired) electrons. The summed E-state index contributed by atoms with van der Waals surface area (Å²) in [7, 11) is 0. The van der Waals surface area contributed by atoms with E-state index < -0.39 is 0 Å². The van der Waals surface area contributed by atoms with Crippen molar-refractivity contribution in [3.05, 3.63) is 0 Å². The molecule has 2 N–H and O–H groups in total. The Morgan fingerprint density at radius 3 is 2.80 bits per heavy atom. The van der Waals surface area contributed by atoms with E-state index in [9.17, 15) is 0 Å². The number of rotatable bonds is 0. The Hall–Kier alpha value is -0.0800. The molecule has 0 aromatic heterocycles. The number of nitrogens with two attached hydrogens (primary N) is 1. The summed E-state index contributed by atoms with van der Waals surface area (Å²) in [6.07, 6.45) is 7.10. The molecule has 2 rings (SSSR count). The maximum Gasteiger partial charge on any atom is 0.0729 e. The van der Waals surface area contributed by atoms with E-state index >= 15 is 0 Å². The molecule has 2 saturated heterocycles. The van der Waals surface area contributed by atoms with Gasteiger partial charge in [-0.15, -0.1) is 0 Å². The van der Waals surface area contributed by atoms with Crippen LogP contribution in [0.4, 0.5) is 0 Å². The van der Waals surface area contributed by atoms with Gasteiger partial charge in [0.2, 0.25) is 0 Å². The van der Waals surface area contributed by atoms with Crippen LogP contribution in [-0.2, 0) is 4.74 Å². The molecule has 2 heterocycles. The van der Waals surface area contributed by atoms with E-state index in [1.165, 1.54) is 32.1 Å². The lowest BCUT2D eigenvalue weighted by Crippen LogP contribution is -2.46. The molecule has 3 atom stereocenters. The molecule has 2 fully saturated rings. The van der Waals surface area contributed by atoms with Gasteiger partial charge in [0.05, 0.1) is 12.2 Å². The van der Waals surface area contributed by atoms with E-state index in [0.717, 1.165) is 0 Å². The second-order valence-corrected chi connectivity index (χ2v) is 3.47. The minimum Gasteiger partial charge on any atom is -0.373 e. The summed E-state index contributed by atoms with van der Waals surface area (Å²) in [5, 5.41) is 0. The minimum atomic E-state index is 0.330. The number of fused-ring (bicyclic) bond motifs is 2. The van der Waals surface area contributed by atoms with Crippen LogP contribution in [0.2, 0.25) is 0 Å². The highest BCUT2D eigenvalue weighted by Gasteiger charge is 2.31. The fourth-order valence-corrected chi connectivity index (χ4v) is 2.02. The molecule has 0 amide bonds. The highest BCUT2D eigenvalue weighted by molar-refractivity contribution is 4.85. The van der Waals surface area contributed by atoms with Crippen LogP contribution in [0.5, 0.6) is 0 Å². The zero-order valence-corrected chi connectivity index (χ0v) is 6.25. The topological polar surface area (TPSA) is 35.2 Å². The fraction of sp³-hybridized carbons (Fsp3) is 1.00. The normalized spacial score (nSPS) is 47.1. The van der Waals surface area contributed by atoms with Crippen LogP contribution in [0.3, 0.4) is 0 Å². The molecule has 2 aliphatic rings. The zero-order valence-electron chi connectivity index (χ0n) is 6.25. The number of ether oxygens (including phenoxy) is 1. The molecular weight excluding hydrogens is 126 g/mol. The van der Waals surface area contributed by atoms with E-state index in [1.807, 2.05) is 0 Å². The van der Waals surface area contributed by atoms with E-state index in [4.69, 9.17) is 10.5 Å².